The number of carbonyl (C=O) groups is 2. The quantitative estimate of drug-likeness (QED) is 0.773. The molecule has 0 radical (unpaired) electrons. The van der Waals surface area contributed by atoms with E-state index in [1.807, 2.05) is 0 Å². The summed E-state index contributed by atoms with van der Waals surface area (Å²) in [4.78, 5) is 23.2. The second-order valence-corrected chi connectivity index (χ2v) is 7.64. The first-order valence-corrected chi connectivity index (χ1v) is 8.55. The van der Waals surface area contributed by atoms with Crippen LogP contribution in [0.25, 0.3) is 0 Å². The maximum atomic E-state index is 12.6. The highest BCUT2D eigenvalue weighted by atomic mass is 35.5. The molecule has 2 aliphatic rings. The maximum Gasteiger partial charge on any atom is 0.322 e. The van der Waals surface area contributed by atoms with Crippen LogP contribution in [0.3, 0.4) is 0 Å². The van der Waals surface area contributed by atoms with Crippen molar-refractivity contribution in [3.63, 3.8) is 0 Å². The van der Waals surface area contributed by atoms with Gasteiger partial charge in [-0.25, -0.2) is 13.2 Å². The number of piperidine rings is 1. The topological polar surface area (TPSA) is 95.6 Å². The van der Waals surface area contributed by atoms with Crippen LogP contribution < -0.4 is 10.6 Å². The molecule has 3 rings (SSSR count). The number of hydrogen-bond acceptors (Lipinski definition) is 4. The minimum Gasteiger partial charge on any atom is -0.323 e. The van der Waals surface area contributed by atoms with Gasteiger partial charge in [-0.15, -0.1) is 0 Å². The van der Waals surface area contributed by atoms with Gasteiger partial charge in [0.1, 0.15) is 10.4 Å². The molecular formula is C13H14ClN3O4S. The standard InChI is InChI=1S/C13H14ClN3O4S/c14-9-3-1-2-4-10(9)22(20,21)17-7-5-13(6-8-17)11(18)15-12(19)16-13/h1-4H,5-8H2,(H2,15,16,18,19). The second-order valence-electron chi connectivity index (χ2n) is 5.32. The Morgan fingerprint density at radius 2 is 1.77 bits per heavy atom. The summed E-state index contributed by atoms with van der Waals surface area (Å²) in [5.41, 5.74) is -0.996. The highest BCUT2D eigenvalue weighted by molar-refractivity contribution is 7.89. The van der Waals surface area contributed by atoms with Crippen LogP contribution in [0, 0.1) is 0 Å². The lowest BCUT2D eigenvalue weighted by Gasteiger charge is -2.36. The fraction of sp³-hybridized carbons (Fsp3) is 0.385. The molecule has 0 saturated carbocycles. The number of carbonyl (C=O) groups excluding carboxylic acids is 2. The smallest absolute Gasteiger partial charge is 0.322 e. The summed E-state index contributed by atoms with van der Waals surface area (Å²) in [7, 11) is -3.71. The molecular weight excluding hydrogens is 330 g/mol. The monoisotopic (exact) mass is 343 g/mol. The average Bonchev–Trinajstić information content (AvgIpc) is 2.73. The van der Waals surface area contributed by atoms with Gasteiger partial charge in [0.15, 0.2) is 0 Å². The maximum absolute atomic E-state index is 12.6. The first kappa shape index (κ1) is 15.3. The van der Waals surface area contributed by atoms with Crippen molar-refractivity contribution in [3.8, 4) is 0 Å². The van der Waals surface area contributed by atoms with Crippen molar-refractivity contribution in [2.75, 3.05) is 13.1 Å². The molecule has 2 saturated heterocycles. The van der Waals surface area contributed by atoms with Crippen LogP contribution in [0.1, 0.15) is 12.8 Å². The Labute approximate surface area is 132 Å². The number of benzene rings is 1. The van der Waals surface area contributed by atoms with Gasteiger partial charge in [-0.1, -0.05) is 23.7 Å². The molecule has 2 heterocycles. The Hall–Kier alpha value is -1.64. The van der Waals surface area contributed by atoms with Crippen LogP contribution in [0.15, 0.2) is 29.2 Å². The number of nitrogens with zero attached hydrogens (tertiary/aromatic N) is 1. The molecule has 0 unspecified atom stereocenters. The van der Waals surface area contributed by atoms with Gasteiger partial charge in [-0.3, -0.25) is 10.1 Å². The molecule has 0 aliphatic carbocycles. The Morgan fingerprint density at radius 3 is 2.32 bits per heavy atom. The number of halogens is 1. The lowest BCUT2D eigenvalue weighted by Crippen LogP contribution is -2.55. The van der Waals surface area contributed by atoms with E-state index < -0.39 is 27.5 Å². The normalized spacial score (nSPS) is 21.7. The highest BCUT2D eigenvalue weighted by Gasteiger charge is 2.49. The van der Waals surface area contributed by atoms with E-state index in [0.29, 0.717) is 0 Å². The van der Waals surface area contributed by atoms with Crippen LogP contribution in [-0.4, -0.2) is 43.3 Å². The summed E-state index contributed by atoms with van der Waals surface area (Å²) in [6.45, 7) is 0.280. The number of sulfonamides is 1. The molecule has 2 N–H and O–H groups in total. The van der Waals surface area contributed by atoms with Gasteiger partial charge in [-0.05, 0) is 25.0 Å². The molecule has 22 heavy (non-hydrogen) atoms. The third-order valence-electron chi connectivity index (χ3n) is 4.04. The summed E-state index contributed by atoms with van der Waals surface area (Å²) in [6.07, 6.45) is 0.461. The van der Waals surface area contributed by atoms with Crippen molar-refractivity contribution in [2.24, 2.45) is 0 Å². The fourth-order valence-electron chi connectivity index (χ4n) is 2.78. The molecule has 1 spiro atoms. The third kappa shape index (κ3) is 2.37. The van der Waals surface area contributed by atoms with Crippen molar-refractivity contribution in [2.45, 2.75) is 23.3 Å². The van der Waals surface area contributed by atoms with E-state index in [0.717, 1.165) is 0 Å². The van der Waals surface area contributed by atoms with Crippen molar-refractivity contribution in [3.05, 3.63) is 29.3 Å². The summed E-state index contributed by atoms with van der Waals surface area (Å²) in [5, 5.41) is 4.95. The number of nitrogens with one attached hydrogen (secondary N) is 2. The van der Waals surface area contributed by atoms with Crippen LogP contribution in [0.2, 0.25) is 5.02 Å². The number of rotatable bonds is 2. The number of imide groups is 1. The van der Waals surface area contributed by atoms with Gasteiger partial charge in [-0.2, -0.15) is 4.31 Å². The van der Waals surface area contributed by atoms with Crippen LogP contribution in [0.4, 0.5) is 4.79 Å². The molecule has 0 atom stereocenters. The molecule has 2 fully saturated rings. The zero-order valence-electron chi connectivity index (χ0n) is 11.5. The van der Waals surface area contributed by atoms with Gasteiger partial charge in [0, 0.05) is 13.1 Å². The van der Waals surface area contributed by atoms with Crippen molar-refractivity contribution >= 4 is 33.6 Å². The Kier molecular flexibility index (Phi) is 3.62. The molecule has 0 bridgehead atoms. The van der Waals surface area contributed by atoms with E-state index >= 15 is 0 Å². The van der Waals surface area contributed by atoms with Gasteiger partial charge in [0.25, 0.3) is 5.91 Å². The summed E-state index contributed by atoms with van der Waals surface area (Å²) >= 11 is 5.96. The summed E-state index contributed by atoms with van der Waals surface area (Å²) < 4.78 is 26.5. The average molecular weight is 344 g/mol. The van der Waals surface area contributed by atoms with Crippen molar-refractivity contribution in [1.82, 2.24) is 14.9 Å². The fourth-order valence-corrected chi connectivity index (χ4v) is 4.72. The molecule has 2 aliphatic heterocycles. The van der Waals surface area contributed by atoms with E-state index in [-0.39, 0.29) is 35.8 Å². The Balaban J connectivity index is 1.81. The van der Waals surface area contributed by atoms with Crippen LogP contribution in [-0.2, 0) is 14.8 Å². The predicted molar refractivity (Wildman–Crippen MR) is 78.9 cm³/mol. The number of urea groups is 1. The van der Waals surface area contributed by atoms with E-state index in [1.165, 1.54) is 16.4 Å². The molecule has 118 valence electrons. The summed E-state index contributed by atoms with van der Waals surface area (Å²) in [5.74, 6) is -0.396. The first-order chi connectivity index (χ1) is 10.3. The van der Waals surface area contributed by atoms with E-state index in [9.17, 15) is 18.0 Å². The largest absolute Gasteiger partial charge is 0.323 e. The molecule has 1 aromatic carbocycles. The zero-order valence-corrected chi connectivity index (χ0v) is 13.1. The van der Waals surface area contributed by atoms with E-state index in [1.54, 1.807) is 12.1 Å². The second kappa shape index (κ2) is 5.22. The lowest BCUT2D eigenvalue weighted by atomic mass is 9.89. The molecule has 1 aromatic rings. The zero-order chi connectivity index (χ0) is 16.0. The van der Waals surface area contributed by atoms with Crippen molar-refractivity contribution in [1.29, 1.82) is 0 Å². The van der Waals surface area contributed by atoms with Crippen molar-refractivity contribution < 1.29 is 18.0 Å². The van der Waals surface area contributed by atoms with Crippen LogP contribution >= 0.6 is 11.6 Å². The molecule has 3 amide bonds. The van der Waals surface area contributed by atoms with Crippen LogP contribution in [0.5, 0.6) is 0 Å². The van der Waals surface area contributed by atoms with Gasteiger partial charge in [0.2, 0.25) is 10.0 Å². The molecule has 7 nitrogen and oxygen atoms in total. The third-order valence-corrected chi connectivity index (χ3v) is 6.44. The highest BCUT2D eigenvalue weighted by Crippen LogP contribution is 2.31. The lowest BCUT2D eigenvalue weighted by molar-refractivity contribution is -0.125. The Bertz CT molecular complexity index is 741. The van der Waals surface area contributed by atoms with Gasteiger partial charge in [0.05, 0.1) is 5.02 Å². The predicted octanol–water partition coefficient (Wildman–Crippen LogP) is 0.703. The van der Waals surface area contributed by atoms with E-state index in [4.69, 9.17) is 11.6 Å². The van der Waals surface area contributed by atoms with Gasteiger partial charge < -0.3 is 5.32 Å². The molecule has 0 aromatic heterocycles. The molecule has 9 heteroatoms. The van der Waals surface area contributed by atoms with E-state index in [2.05, 4.69) is 10.6 Å². The minimum absolute atomic E-state index is 0.0486. The first-order valence-electron chi connectivity index (χ1n) is 6.73. The SMILES string of the molecule is O=C1NC(=O)C2(CCN(S(=O)(=O)c3ccccc3Cl)CC2)N1. The number of amides is 3. The number of hydrogen-bond donors (Lipinski definition) is 2. The Morgan fingerprint density at radius 1 is 1.14 bits per heavy atom. The summed E-state index contributed by atoms with van der Waals surface area (Å²) in [6, 6.07) is 5.70. The van der Waals surface area contributed by atoms with Gasteiger partial charge >= 0.3 is 6.03 Å². The minimum atomic E-state index is -3.71.